The van der Waals surface area contributed by atoms with Gasteiger partial charge in [-0.3, -0.25) is 0 Å². The number of nitrogens with one attached hydrogen (secondary N) is 3. The molecule has 1 aliphatic carbocycles. The van der Waals surface area contributed by atoms with Gasteiger partial charge in [-0.05, 0) is 19.4 Å². The van der Waals surface area contributed by atoms with Gasteiger partial charge in [0.25, 0.3) is 0 Å². The van der Waals surface area contributed by atoms with Crippen LogP contribution in [0.15, 0.2) is 46.2 Å². The summed E-state index contributed by atoms with van der Waals surface area (Å²) in [7, 11) is 0. The summed E-state index contributed by atoms with van der Waals surface area (Å²) in [5.74, 6) is 6.14. The van der Waals surface area contributed by atoms with Gasteiger partial charge in [0.05, 0.1) is 17.1 Å². The van der Waals surface area contributed by atoms with Crippen molar-refractivity contribution in [3.8, 4) is 0 Å². The van der Waals surface area contributed by atoms with Crippen LogP contribution in [-0.2, 0) is 0 Å². The molecular weight excluding hydrogens is 212 g/mol. The summed E-state index contributed by atoms with van der Waals surface area (Å²) >= 11 is 5.98. The molecule has 5 heteroatoms. The first-order valence-corrected chi connectivity index (χ1v) is 5.08. The van der Waals surface area contributed by atoms with Crippen LogP contribution in [-0.4, -0.2) is 0 Å². The first-order valence-electron chi connectivity index (χ1n) is 4.70. The average molecular weight is 225 g/mol. The molecule has 5 N–H and O–H groups in total. The molecule has 0 saturated carbocycles. The van der Waals surface area contributed by atoms with E-state index in [-0.39, 0.29) is 0 Å². The molecule has 4 nitrogen and oxygen atoms in total. The maximum Gasteiger partial charge on any atom is 0.137 e. The molecule has 0 aromatic carbocycles. The largest absolute Gasteiger partial charge is 0.355 e. The molecule has 0 amide bonds. The van der Waals surface area contributed by atoms with Gasteiger partial charge in [-0.25, -0.2) is 5.84 Å². The van der Waals surface area contributed by atoms with E-state index in [2.05, 4.69) is 22.1 Å². The highest BCUT2D eigenvalue weighted by atomic mass is 35.5. The zero-order valence-electron chi connectivity index (χ0n) is 8.39. The topological polar surface area (TPSA) is 62.1 Å². The molecule has 0 radical (unpaired) electrons. The van der Waals surface area contributed by atoms with Gasteiger partial charge >= 0.3 is 0 Å². The van der Waals surface area contributed by atoms with Crippen molar-refractivity contribution in [2.45, 2.75) is 13.3 Å². The Morgan fingerprint density at radius 2 is 2.13 bits per heavy atom. The lowest BCUT2D eigenvalue weighted by atomic mass is 10.2. The molecule has 15 heavy (non-hydrogen) atoms. The maximum absolute atomic E-state index is 5.98. The van der Waals surface area contributed by atoms with Gasteiger partial charge in [0, 0.05) is 5.03 Å². The monoisotopic (exact) mass is 224 g/mol. The van der Waals surface area contributed by atoms with Crippen molar-refractivity contribution >= 4 is 11.6 Å². The minimum Gasteiger partial charge on any atom is -0.355 e. The van der Waals surface area contributed by atoms with Gasteiger partial charge < -0.3 is 16.1 Å². The Morgan fingerprint density at radius 3 is 2.87 bits per heavy atom. The highest BCUT2D eigenvalue weighted by molar-refractivity contribution is 6.31. The first-order chi connectivity index (χ1) is 7.20. The van der Waals surface area contributed by atoms with Crippen LogP contribution in [0.2, 0.25) is 0 Å². The zero-order valence-corrected chi connectivity index (χ0v) is 9.15. The van der Waals surface area contributed by atoms with Crippen molar-refractivity contribution in [3.63, 3.8) is 0 Å². The van der Waals surface area contributed by atoms with Crippen molar-refractivity contribution < 1.29 is 0 Å². The Labute approximate surface area is 93.5 Å². The van der Waals surface area contributed by atoms with E-state index >= 15 is 0 Å². The molecule has 0 fully saturated rings. The van der Waals surface area contributed by atoms with Crippen molar-refractivity contribution in [1.82, 2.24) is 16.1 Å². The Balaban J connectivity index is 2.36. The van der Waals surface area contributed by atoms with E-state index in [1.54, 1.807) is 0 Å². The van der Waals surface area contributed by atoms with Crippen LogP contribution < -0.4 is 21.9 Å². The summed E-state index contributed by atoms with van der Waals surface area (Å²) in [4.78, 5) is 0. The van der Waals surface area contributed by atoms with Crippen LogP contribution in [0.4, 0.5) is 0 Å². The molecule has 2 rings (SSSR count). The lowest BCUT2D eigenvalue weighted by Gasteiger charge is -2.25. The molecule has 0 atom stereocenters. The Hall–Kier alpha value is -1.39. The lowest BCUT2D eigenvalue weighted by molar-refractivity contribution is 0.699. The fourth-order valence-electron chi connectivity index (χ4n) is 1.53. The van der Waals surface area contributed by atoms with E-state index < -0.39 is 0 Å². The molecule has 0 unspecified atom stereocenters. The zero-order chi connectivity index (χ0) is 10.8. The number of fused-ring (bicyclic) bond motifs is 1. The van der Waals surface area contributed by atoms with E-state index in [9.17, 15) is 0 Å². The number of rotatable bonds is 1. The number of hydrogen-bond acceptors (Lipinski definition) is 4. The SMILES string of the molecule is CC1=C(NN)NC2=CC(Cl)=CCC=C2N1. The summed E-state index contributed by atoms with van der Waals surface area (Å²) in [6.07, 6.45) is 6.72. The molecule has 0 saturated heterocycles. The number of allylic oxidation sites excluding steroid dienone is 5. The van der Waals surface area contributed by atoms with E-state index in [0.29, 0.717) is 0 Å². The second kappa shape index (κ2) is 4.00. The van der Waals surface area contributed by atoms with Crippen molar-refractivity contribution in [1.29, 1.82) is 0 Å². The third kappa shape index (κ3) is 2.00. The van der Waals surface area contributed by atoms with Crippen LogP contribution in [0.3, 0.4) is 0 Å². The minimum absolute atomic E-state index is 0.724. The summed E-state index contributed by atoms with van der Waals surface area (Å²) in [5, 5.41) is 7.15. The van der Waals surface area contributed by atoms with Crippen molar-refractivity contribution in [2.24, 2.45) is 5.84 Å². The highest BCUT2D eigenvalue weighted by Gasteiger charge is 2.16. The average Bonchev–Trinajstić information content (AvgIpc) is 2.37. The minimum atomic E-state index is 0.724. The number of hydrogen-bond donors (Lipinski definition) is 4. The molecule has 0 aromatic rings. The second-order valence-electron chi connectivity index (χ2n) is 3.39. The predicted molar refractivity (Wildman–Crippen MR) is 61.0 cm³/mol. The van der Waals surface area contributed by atoms with E-state index in [0.717, 1.165) is 34.4 Å². The quantitative estimate of drug-likeness (QED) is 0.398. The summed E-state index contributed by atoms with van der Waals surface area (Å²) < 4.78 is 0. The number of nitrogens with two attached hydrogens (primary N) is 1. The fraction of sp³-hybridized carbons (Fsp3) is 0.200. The van der Waals surface area contributed by atoms with E-state index in [1.165, 1.54) is 0 Å². The molecule has 0 spiro atoms. The van der Waals surface area contributed by atoms with Crippen molar-refractivity contribution in [2.75, 3.05) is 0 Å². The van der Waals surface area contributed by atoms with Crippen LogP contribution in [0.1, 0.15) is 13.3 Å². The summed E-state index contributed by atoms with van der Waals surface area (Å²) in [6.45, 7) is 1.94. The lowest BCUT2D eigenvalue weighted by Crippen LogP contribution is -2.40. The van der Waals surface area contributed by atoms with Gasteiger partial charge in [0.15, 0.2) is 0 Å². The van der Waals surface area contributed by atoms with Crippen LogP contribution in [0.5, 0.6) is 0 Å². The summed E-state index contributed by atoms with van der Waals surface area (Å²) in [5.41, 5.74) is 5.50. The Kier molecular flexibility index (Phi) is 2.70. The normalized spacial score (nSPS) is 20.1. The molecule has 0 aromatic heterocycles. The first kappa shape index (κ1) is 10.1. The fourth-order valence-corrected chi connectivity index (χ4v) is 1.73. The van der Waals surface area contributed by atoms with Gasteiger partial charge in [0.1, 0.15) is 5.82 Å². The molecule has 2 aliphatic rings. The van der Waals surface area contributed by atoms with Gasteiger partial charge in [-0.15, -0.1) is 0 Å². The third-order valence-electron chi connectivity index (χ3n) is 2.31. The number of hydrazine groups is 1. The van der Waals surface area contributed by atoms with Crippen LogP contribution in [0.25, 0.3) is 0 Å². The highest BCUT2D eigenvalue weighted by Crippen LogP contribution is 2.21. The van der Waals surface area contributed by atoms with Crippen LogP contribution in [0, 0.1) is 0 Å². The molecule has 0 bridgehead atoms. The van der Waals surface area contributed by atoms with Gasteiger partial charge in [-0.1, -0.05) is 23.8 Å². The predicted octanol–water partition coefficient (Wildman–Crippen LogP) is 1.13. The Morgan fingerprint density at radius 1 is 1.33 bits per heavy atom. The molecular formula is C10H13ClN4. The molecule has 1 heterocycles. The van der Waals surface area contributed by atoms with Crippen LogP contribution >= 0.6 is 11.6 Å². The summed E-state index contributed by atoms with van der Waals surface area (Å²) in [6, 6.07) is 0. The van der Waals surface area contributed by atoms with E-state index in [1.807, 2.05) is 19.1 Å². The van der Waals surface area contributed by atoms with E-state index in [4.69, 9.17) is 17.4 Å². The Bertz CT molecular complexity index is 404. The second-order valence-corrected chi connectivity index (χ2v) is 3.83. The maximum atomic E-state index is 5.98. The number of halogens is 1. The third-order valence-corrected chi connectivity index (χ3v) is 2.57. The molecule has 80 valence electrons. The van der Waals surface area contributed by atoms with Gasteiger partial charge in [0.2, 0.25) is 0 Å². The van der Waals surface area contributed by atoms with Crippen molar-refractivity contribution in [3.05, 3.63) is 46.2 Å². The van der Waals surface area contributed by atoms with Gasteiger partial charge in [-0.2, -0.15) is 0 Å². The standard InChI is InChI=1S/C10H13ClN4/c1-6-10(15-12)14-9-5-7(11)3-2-4-8(9)13-6/h3-5,13-15H,2,12H2,1H3. The molecule has 1 aliphatic heterocycles. The smallest absolute Gasteiger partial charge is 0.137 e.